The molecule has 0 aliphatic rings. The maximum atomic E-state index is 12.2. The normalized spacial score (nSPS) is 11.6. The van der Waals surface area contributed by atoms with Crippen LogP contribution in [0.5, 0.6) is 0 Å². The van der Waals surface area contributed by atoms with Crippen LogP contribution in [0, 0.1) is 0 Å². The van der Waals surface area contributed by atoms with E-state index >= 15 is 0 Å². The van der Waals surface area contributed by atoms with Gasteiger partial charge in [0.1, 0.15) is 10.6 Å². The van der Waals surface area contributed by atoms with Gasteiger partial charge in [-0.1, -0.05) is 0 Å². The van der Waals surface area contributed by atoms with Crippen molar-refractivity contribution in [3.05, 3.63) is 18.0 Å². The zero-order chi connectivity index (χ0) is 14.6. The van der Waals surface area contributed by atoms with Crippen LogP contribution in [-0.4, -0.2) is 51.1 Å². The van der Waals surface area contributed by atoms with Crippen LogP contribution >= 0.6 is 0 Å². The van der Waals surface area contributed by atoms with Crippen LogP contribution in [0.4, 0.5) is 0 Å². The molecule has 1 heterocycles. The van der Waals surface area contributed by atoms with E-state index in [1.54, 1.807) is 18.7 Å². The van der Waals surface area contributed by atoms with Crippen molar-refractivity contribution in [1.29, 1.82) is 0 Å². The molecule has 1 aromatic heterocycles. The third kappa shape index (κ3) is 3.79. The summed E-state index contributed by atoms with van der Waals surface area (Å²) in [6.07, 6.45) is 1.37. The number of rotatable bonds is 6. The molecule has 1 rings (SSSR count). The minimum atomic E-state index is -3.81. The molecule has 108 valence electrons. The number of primary sulfonamides is 1. The van der Waals surface area contributed by atoms with Gasteiger partial charge in [0.2, 0.25) is 10.0 Å². The van der Waals surface area contributed by atoms with Crippen LogP contribution in [0.25, 0.3) is 0 Å². The highest BCUT2D eigenvalue weighted by Crippen LogP contribution is 2.14. The van der Waals surface area contributed by atoms with Crippen LogP contribution < -0.4 is 5.14 Å². The number of hydrogen-bond donors (Lipinski definition) is 1. The zero-order valence-corrected chi connectivity index (χ0v) is 12.1. The highest BCUT2D eigenvalue weighted by molar-refractivity contribution is 7.89. The van der Waals surface area contributed by atoms with Crippen molar-refractivity contribution < 1.29 is 17.9 Å². The molecule has 0 aliphatic heterocycles. The van der Waals surface area contributed by atoms with Gasteiger partial charge in [-0.15, -0.1) is 0 Å². The molecule has 0 aromatic carbocycles. The number of amides is 1. The molecule has 0 unspecified atom stereocenters. The lowest BCUT2D eigenvalue weighted by Gasteiger charge is -2.17. The van der Waals surface area contributed by atoms with Gasteiger partial charge in [0, 0.05) is 33.4 Å². The summed E-state index contributed by atoms with van der Waals surface area (Å²) in [5.74, 6) is -0.270. The first-order valence-corrected chi connectivity index (χ1v) is 7.33. The lowest BCUT2D eigenvalue weighted by Crippen LogP contribution is -2.31. The molecule has 1 aromatic rings. The Morgan fingerprint density at radius 2 is 2.16 bits per heavy atom. The number of sulfonamides is 1. The number of ether oxygens (including phenoxy) is 1. The van der Waals surface area contributed by atoms with E-state index in [9.17, 15) is 13.2 Å². The Morgan fingerprint density at radius 1 is 1.53 bits per heavy atom. The van der Waals surface area contributed by atoms with Gasteiger partial charge >= 0.3 is 0 Å². The maximum absolute atomic E-state index is 12.2. The van der Waals surface area contributed by atoms with Crippen molar-refractivity contribution >= 4 is 15.9 Å². The second-order valence-electron chi connectivity index (χ2n) is 4.11. The summed E-state index contributed by atoms with van der Waals surface area (Å²) >= 11 is 0. The molecule has 8 heteroatoms. The summed E-state index contributed by atoms with van der Waals surface area (Å²) in [5.41, 5.74) is 0.296. The number of carbonyl (C=O) groups is 1. The van der Waals surface area contributed by atoms with Crippen molar-refractivity contribution in [3.63, 3.8) is 0 Å². The van der Waals surface area contributed by atoms with Gasteiger partial charge in [-0.05, 0) is 13.0 Å². The van der Waals surface area contributed by atoms with E-state index in [1.165, 1.54) is 17.2 Å². The van der Waals surface area contributed by atoms with Crippen LogP contribution in [0.3, 0.4) is 0 Å². The van der Waals surface area contributed by atoms with Crippen molar-refractivity contribution in [3.8, 4) is 0 Å². The Balaban J connectivity index is 3.06. The topological polar surface area (TPSA) is 94.6 Å². The number of carbonyl (C=O) groups excluding carboxylic acids is 1. The third-order valence-corrected chi connectivity index (χ3v) is 3.62. The lowest BCUT2D eigenvalue weighted by molar-refractivity contribution is 0.0734. The van der Waals surface area contributed by atoms with Crippen molar-refractivity contribution in [2.24, 2.45) is 5.14 Å². The van der Waals surface area contributed by atoms with E-state index < -0.39 is 10.0 Å². The molecule has 0 saturated carbocycles. The quantitative estimate of drug-likeness (QED) is 0.789. The Kier molecular flexibility index (Phi) is 5.10. The Hall–Kier alpha value is -1.38. The summed E-state index contributed by atoms with van der Waals surface area (Å²) in [6.45, 7) is 3.14. The third-order valence-electron chi connectivity index (χ3n) is 2.74. The average Bonchev–Trinajstić information content (AvgIpc) is 2.78. The lowest BCUT2D eigenvalue weighted by atomic mass is 10.3. The number of aromatic nitrogens is 1. The number of aryl methyl sites for hydroxylation is 1. The molecular weight excluding hydrogens is 270 g/mol. The van der Waals surface area contributed by atoms with Gasteiger partial charge in [0.15, 0.2) is 0 Å². The smallest absolute Gasteiger partial charge is 0.270 e. The summed E-state index contributed by atoms with van der Waals surface area (Å²) in [6, 6.07) is 1.30. The van der Waals surface area contributed by atoms with Gasteiger partial charge in [-0.25, -0.2) is 13.6 Å². The first-order chi connectivity index (χ1) is 8.81. The van der Waals surface area contributed by atoms with E-state index in [4.69, 9.17) is 9.88 Å². The molecule has 0 saturated heterocycles. The standard InChI is InChI=1S/C11H19N3O4S/c1-4-14-8-9(19(12,16)17)7-10(14)11(15)13(2)5-6-18-3/h7-8H,4-6H2,1-3H3,(H2,12,16,17). The number of likely N-dealkylation sites (N-methyl/N-ethyl adjacent to an activating group) is 1. The predicted octanol–water partition coefficient (Wildman–Crippen LogP) is -0.126. The highest BCUT2D eigenvalue weighted by atomic mass is 32.2. The minimum Gasteiger partial charge on any atom is -0.383 e. The van der Waals surface area contributed by atoms with E-state index in [2.05, 4.69) is 0 Å². The van der Waals surface area contributed by atoms with Gasteiger partial charge in [0.25, 0.3) is 5.91 Å². The van der Waals surface area contributed by atoms with Crippen molar-refractivity contribution in [1.82, 2.24) is 9.47 Å². The van der Waals surface area contributed by atoms with Crippen LogP contribution in [0.2, 0.25) is 0 Å². The number of methoxy groups -OCH3 is 1. The second kappa shape index (κ2) is 6.18. The van der Waals surface area contributed by atoms with Crippen molar-refractivity contribution in [2.75, 3.05) is 27.3 Å². The molecule has 0 radical (unpaired) electrons. The first kappa shape index (κ1) is 15.7. The number of nitrogens with zero attached hydrogens (tertiary/aromatic N) is 2. The molecule has 0 aliphatic carbocycles. The van der Waals surface area contributed by atoms with Crippen LogP contribution in [0.1, 0.15) is 17.4 Å². The first-order valence-electron chi connectivity index (χ1n) is 5.78. The number of nitrogens with two attached hydrogens (primary N) is 1. The summed E-state index contributed by atoms with van der Waals surface area (Å²) in [5, 5.41) is 5.06. The maximum Gasteiger partial charge on any atom is 0.270 e. The number of hydrogen-bond acceptors (Lipinski definition) is 4. The summed E-state index contributed by atoms with van der Waals surface area (Å²) in [7, 11) is -0.629. The van der Waals surface area contributed by atoms with E-state index in [1.807, 2.05) is 6.92 Å². The molecule has 2 N–H and O–H groups in total. The fourth-order valence-corrected chi connectivity index (χ4v) is 2.16. The Bertz CT molecular complexity index is 550. The van der Waals surface area contributed by atoms with E-state index in [-0.39, 0.29) is 10.8 Å². The molecular formula is C11H19N3O4S. The fraction of sp³-hybridized carbons (Fsp3) is 0.545. The molecule has 0 bridgehead atoms. The van der Waals surface area contributed by atoms with Crippen LogP contribution in [-0.2, 0) is 21.3 Å². The van der Waals surface area contributed by atoms with Gasteiger partial charge in [0.05, 0.1) is 6.61 Å². The Morgan fingerprint density at radius 3 is 2.63 bits per heavy atom. The van der Waals surface area contributed by atoms with Crippen molar-refractivity contribution in [2.45, 2.75) is 18.4 Å². The van der Waals surface area contributed by atoms with Gasteiger partial charge < -0.3 is 14.2 Å². The molecule has 7 nitrogen and oxygen atoms in total. The molecule has 19 heavy (non-hydrogen) atoms. The molecule has 0 spiro atoms. The average molecular weight is 289 g/mol. The minimum absolute atomic E-state index is 0.0576. The highest BCUT2D eigenvalue weighted by Gasteiger charge is 2.20. The second-order valence-corrected chi connectivity index (χ2v) is 5.67. The fourth-order valence-electron chi connectivity index (χ4n) is 1.61. The molecule has 0 fully saturated rings. The summed E-state index contributed by atoms with van der Waals surface area (Å²) in [4.78, 5) is 13.6. The van der Waals surface area contributed by atoms with Crippen LogP contribution in [0.15, 0.2) is 17.2 Å². The SMILES string of the molecule is CCn1cc(S(N)(=O)=O)cc1C(=O)N(C)CCOC. The molecule has 1 amide bonds. The van der Waals surface area contributed by atoms with E-state index in [0.29, 0.717) is 25.4 Å². The Labute approximate surface area is 113 Å². The predicted molar refractivity (Wildman–Crippen MR) is 70.3 cm³/mol. The van der Waals surface area contributed by atoms with E-state index in [0.717, 1.165) is 0 Å². The zero-order valence-electron chi connectivity index (χ0n) is 11.3. The largest absolute Gasteiger partial charge is 0.383 e. The van der Waals surface area contributed by atoms with Gasteiger partial charge in [-0.3, -0.25) is 4.79 Å². The van der Waals surface area contributed by atoms with Gasteiger partial charge in [-0.2, -0.15) is 0 Å². The molecule has 0 atom stereocenters. The monoisotopic (exact) mass is 289 g/mol. The summed E-state index contributed by atoms with van der Waals surface area (Å²) < 4.78 is 29.1.